The highest BCUT2D eigenvalue weighted by Crippen LogP contribution is 2.36. The van der Waals surface area contributed by atoms with Gasteiger partial charge in [0.05, 0.1) is 15.2 Å². The number of anilines is 1. The van der Waals surface area contributed by atoms with Crippen molar-refractivity contribution in [1.29, 1.82) is 0 Å². The number of hydrogen-bond donors (Lipinski definition) is 3. The van der Waals surface area contributed by atoms with E-state index in [1.165, 1.54) is 23.5 Å². The second-order valence-electron chi connectivity index (χ2n) is 11.2. The van der Waals surface area contributed by atoms with Crippen LogP contribution >= 0.6 is 34.5 Å². The van der Waals surface area contributed by atoms with Gasteiger partial charge in [-0.05, 0) is 58.0 Å². The number of nitrogens with one attached hydrogen (secondary N) is 2. The fourth-order valence-corrected chi connectivity index (χ4v) is 5.73. The number of carbonyl (C=O) groups excluding carboxylic acids is 2. The lowest BCUT2D eigenvalue weighted by Gasteiger charge is -2.35. The van der Waals surface area contributed by atoms with Crippen LogP contribution in [0.2, 0.25) is 10.0 Å². The van der Waals surface area contributed by atoms with Crippen molar-refractivity contribution in [1.82, 2.24) is 20.1 Å². The predicted octanol–water partition coefficient (Wildman–Crippen LogP) is 7.19. The van der Waals surface area contributed by atoms with Gasteiger partial charge in [-0.25, -0.2) is 23.8 Å². The third kappa shape index (κ3) is 11.6. The number of hydrogen-bond acceptors (Lipinski definition) is 8. The molecule has 4 rings (SSSR count). The van der Waals surface area contributed by atoms with Crippen LogP contribution in [0.4, 0.5) is 32.3 Å². The first-order valence-corrected chi connectivity index (χ1v) is 15.7. The SMILES string of the molecule is CC(Oc1ccc2nc(NC(=O)NCCN3CCN(C(=O)OC(C)(C)C)CC3)sc2c1)c1c(Cl)ccc(F)c1Cl.O=C(O)C(F)(F)F. The van der Waals surface area contributed by atoms with E-state index in [0.717, 1.165) is 4.70 Å². The topological polar surface area (TPSA) is 133 Å². The van der Waals surface area contributed by atoms with Gasteiger partial charge >= 0.3 is 24.3 Å². The standard InChI is InChI=1S/C27H32Cl2FN5O4S.C2HF3O2/c1-16(22-18(28)6-7-19(30)23(22)29)38-17-5-8-20-21(15-17)40-25(32-20)33-24(36)31-9-10-34-11-13-35(14-12-34)26(37)39-27(2,3)4;3-2(4,5)1(6)7/h5-8,15-16H,9-14H2,1-4H3,(H2,31,32,33,36);(H,6,7). The highest BCUT2D eigenvalue weighted by molar-refractivity contribution is 7.22. The van der Waals surface area contributed by atoms with E-state index in [4.69, 9.17) is 42.6 Å². The molecular formula is C29H33Cl2F4N5O6S. The van der Waals surface area contributed by atoms with Crippen LogP contribution in [0.15, 0.2) is 30.3 Å². The summed E-state index contributed by atoms with van der Waals surface area (Å²) in [7, 11) is 0. The molecule has 2 aromatic carbocycles. The monoisotopic (exact) mass is 725 g/mol. The lowest BCUT2D eigenvalue weighted by Crippen LogP contribution is -2.51. The third-order valence-corrected chi connectivity index (χ3v) is 8.01. The van der Waals surface area contributed by atoms with Crippen LogP contribution in [-0.2, 0) is 9.53 Å². The Kier molecular flexibility index (Phi) is 12.9. The fraction of sp³-hybridized carbons (Fsp3) is 0.448. The minimum absolute atomic E-state index is 0.0700. The van der Waals surface area contributed by atoms with Crippen LogP contribution in [-0.4, -0.2) is 89.0 Å². The molecule has 3 amide bonds. The van der Waals surface area contributed by atoms with E-state index < -0.39 is 29.7 Å². The fourth-order valence-electron chi connectivity index (χ4n) is 4.16. The number of aliphatic carboxylic acids is 1. The van der Waals surface area contributed by atoms with Crippen LogP contribution in [0, 0.1) is 5.82 Å². The number of amides is 3. The number of benzene rings is 2. The Morgan fingerprint density at radius 2 is 1.72 bits per heavy atom. The van der Waals surface area contributed by atoms with E-state index in [1.807, 2.05) is 20.8 Å². The normalized spacial score (nSPS) is 14.6. The second-order valence-corrected chi connectivity index (χ2v) is 13.0. The molecule has 2 heterocycles. The first kappa shape index (κ1) is 37.9. The van der Waals surface area contributed by atoms with Crippen LogP contribution in [0.5, 0.6) is 5.75 Å². The zero-order valence-electron chi connectivity index (χ0n) is 25.7. The van der Waals surface area contributed by atoms with Crippen LogP contribution in [0.3, 0.4) is 0 Å². The van der Waals surface area contributed by atoms with Gasteiger partial charge in [0.15, 0.2) is 5.13 Å². The molecule has 1 aliphatic rings. The Morgan fingerprint density at radius 1 is 1.09 bits per heavy atom. The lowest BCUT2D eigenvalue weighted by molar-refractivity contribution is -0.192. The molecule has 3 aromatic rings. The maximum absolute atomic E-state index is 13.9. The summed E-state index contributed by atoms with van der Waals surface area (Å²) in [6, 6.07) is 7.62. The summed E-state index contributed by atoms with van der Waals surface area (Å²) in [6.07, 6.45) is -5.97. The van der Waals surface area contributed by atoms with Crippen LogP contribution in [0.1, 0.15) is 39.4 Å². The van der Waals surface area contributed by atoms with Gasteiger partial charge in [-0.15, -0.1) is 0 Å². The number of carboxylic acid groups (broad SMARTS) is 1. The first-order chi connectivity index (χ1) is 21.8. The molecule has 18 heteroatoms. The Bertz CT molecular complexity index is 1580. The predicted molar refractivity (Wildman–Crippen MR) is 170 cm³/mol. The molecule has 1 unspecified atom stereocenters. The number of rotatable bonds is 7. The molecule has 1 saturated heterocycles. The van der Waals surface area contributed by atoms with Gasteiger partial charge in [-0.1, -0.05) is 34.5 Å². The number of carbonyl (C=O) groups is 3. The first-order valence-electron chi connectivity index (χ1n) is 14.1. The highest BCUT2D eigenvalue weighted by atomic mass is 35.5. The van der Waals surface area contributed by atoms with Crippen molar-refractivity contribution in [3.8, 4) is 5.75 Å². The molecule has 0 spiro atoms. The summed E-state index contributed by atoms with van der Waals surface area (Å²) in [5.41, 5.74) is 0.554. The molecule has 0 aliphatic carbocycles. The molecule has 1 aliphatic heterocycles. The molecule has 3 N–H and O–H groups in total. The molecule has 0 saturated carbocycles. The molecule has 47 heavy (non-hydrogen) atoms. The van der Waals surface area contributed by atoms with Crippen molar-refractivity contribution in [3.63, 3.8) is 0 Å². The van der Waals surface area contributed by atoms with Gasteiger partial charge in [0.2, 0.25) is 0 Å². The number of nitrogens with zero attached hydrogens (tertiary/aromatic N) is 3. The number of alkyl halides is 3. The minimum atomic E-state index is -5.08. The summed E-state index contributed by atoms with van der Waals surface area (Å²) in [5, 5.41) is 13.4. The molecule has 1 fully saturated rings. The zero-order valence-corrected chi connectivity index (χ0v) is 28.0. The van der Waals surface area contributed by atoms with Crippen molar-refractivity contribution in [2.24, 2.45) is 0 Å². The molecule has 11 nitrogen and oxygen atoms in total. The van der Waals surface area contributed by atoms with Crippen molar-refractivity contribution < 1.29 is 46.5 Å². The molecule has 258 valence electrons. The van der Waals surface area contributed by atoms with Gasteiger partial charge < -0.3 is 24.8 Å². The smallest absolute Gasteiger partial charge is 0.486 e. The molecule has 1 atom stereocenters. The molecule has 0 radical (unpaired) electrons. The van der Waals surface area contributed by atoms with Crippen molar-refractivity contribution >= 4 is 68.0 Å². The number of ether oxygens (including phenoxy) is 2. The summed E-state index contributed by atoms with van der Waals surface area (Å²) >= 11 is 13.6. The average Bonchev–Trinajstić information content (AvgIpc) is 3.36. The Hall–Kier alpha value is -3.60. The summed E-state index contributed by atoms with van der Waals surface area (Å²) in [6.45, 7) is 11.0. The van der Waals surface area contributed by atoms with E-state index in [9.17, 15) is 27.2 Å². The van der Waals surface area contributed by atoms with Gasteiger partial charge in [-0.2, -0.15) is 13.2 Å². The molecule has 0 bridgehead atoms. The van der Waals surface area contributed by atoms with E-state index in [2.05, 4.69) is 20.5 Å². The average molecular weight is 727 g/mol. The number of fused-ring (bicyclic) bond motifs is 1. The Morgan fingerprint density at radius 3 is 2.32 bits per heavy atom. The number of halogens is 6. The Balaban J connectivity index is 0.000000771. The third-order valence-electron chi connectivity index (χ3n) is 6.36. The lowest BCUT2D eigenvalue weighted by atomic mass is 10.1. The highest BCUT2D eigenvalue weighted by Gasteiger charge is 2.38. The number of piperazine rings is 1. The molecule has 1 aromatic heterocycles. The van der Waals surface area contributed by atoms with E-state index in [0.29, 0.717) is 66.3 Å². The van der Waals surface area contributed by atoms with E-state index in [1.54, 1.807) is 30.0 Å². The second kappa shape index (κ2) is 16.0. The van der Waals surface area contributed by atoms with Crippen molar-refractivity contribution in [2.75, 3.05) is 44.6 Å². The van der Waals surface area contributed by atoms with Crippen LogP contribution < -0.4 is 15.4 Å². The van der Waals surface area contributed by atoms with Crippen molar-refractivity contribution in [3.05, 3.63) is 51.8 Å². The number of aromatic nitrogens is 1. The van der Waals surface area contributed by atoms with Crippen molar-refractivity contribution in [2.45, 2.75) is 45.6 Å². The number of carboxylic acids is 1. The summed E-state index contributed by atoms with van der Waals surface area (Å²) in [4.78, 5) is 41.9. The number of thiazole rings is 1. The minimum Gasteiger partial charge on any atom is -0.486 e. The Labute approximate surface area is 281 Å². The van der Waals surface area contributed by atoms with Crippen LogP contribution in [0.25, 0.3) is 10.2 Å². The van der Waals surface area contributed by atoms with Gasteiger partial charge in [0.25, 0.3) is 0 Å². The van der Waals surface area contributed by atoms with E-state index >= 15 is 0 Å². The molecular weight excluding hydrogens is 693 g/mol. The van der Waals surface area contributed by atoms with E-state index in [-0.39, 0.29) is 17.1 Å². The zero-order chi connectivity index (χ0) is 35.1. The summed E-state index contributed by atoms with van der Waals surface area (Å²) in [5.74, 6) is -2.79. The van der Waals surface area contributed by atoms with Gasteiger partial charge in [0.1, 0.15) is 23.3 Å². The van der Waals surface area contributed by atoms with Gasteiger partial charge in [0, 0.05) is 49.9 Å². The van der Waals surface area contributed by atoms with Gasteiger partial charge in [-0.3, -0.25) is 10.2 Å². The quantitative estimate of drug-likeness (QED) is 0.172. The number of urea groups is 1. The largest absolute Gasteiger partial charge is 0.490 e. The summed E-state index contributed by atoms with van der Waals surface area (Å²) < 4.78 is 57.9. The maximum Gasteiger partial charge on any atom is 0.490 e. The maximum atomic E-state index is 13.9.